The summed E-state index contributed by atoms with van der Waals surface area (Å²) in [4.78, 5) is 7.35. The van der Waals surface area contributed by atoms with Crippen LogP contribution in [-0.2, 0) is 6.54 Å². The van der Waals surface area contributed by atoms with Gasteiger partial charge in [-0.15, -0.1) is 34.0 Å². The number of likely N-dealkylation sites (N-methyl/N-ethyl adjacent to an activating group) is 1. The van der Waals surface area contributed by atoms with Crippen LogP contribution in [0.1, 0.15) is 13.8 Å². The van der Waals surface area contributed by atoms with Gasteiger partial charge in [-0.3, -0.25) is 4.40 Å². The molecule has 0 unspecified atom stereocenters. The molecule has 0 aliphatic rings. The van der Waals surface area contributed by atoms with Gasteiger partial charge in [-0.2, -0.15) is 0 Å². The van der Waals surface area contributed by atoms with Gasteiger partial charge < -0.3 is 9.47 Å². The molecule has 27 heavy (non-hydrogen) atoms. The molecule has 0 saturated carbocycles. The van der Waals surface area contributed by atoms with E-state index in [9.17, 15) is 0 Å². The first kappa shape index (κ1) is 21.7. The number of imidazole rings is 2. The van der Waals surface area contributed by atoms with Crippen molar-refractivity contribution in [2.24, 2.45) is 0 Å². The summed E-state index contributed by atoms with van der Waals surface area (Å²) in [7, 11) is 0. The minimum atomic E-state index is 0. The highest BCUT2D eigenvalue weighted by atomic mass is 79.9. The number of nitrogens with zero attached hydrogens (tertiary/aromatic N) is 4. The van der Waals surface area contributed by atoms with Crippen molar-refractivity contribution in [2.45, 2.75) is 20.4 Å². The molecule has 4 aromatic rings. The van der Waals surface area contributed by atoms with E-state index < -0.39 is 0 Å². The van der Waals surface area contributed by atoms with Gasteiger partial charge in [0.15, 0.2) is 0 Å². The fourth-order valence-corrected chi connectivity index (χ4v) is 3.49. The Morgan fingerprint density at radius 3 is 2.26 bits per heavy atom. The van der Waals surface area contributed by atoms with E-state index in [1.807, 2.05) is 6.07 Å². The summed E-state index contributed by atoms with van der Waals surface area (Å²) >= 11 is 0. The smallest absolute Gasteiger partial charge is 0.215 e. The summed E-state index contributed by atoms with van der Waals surface area (Å²) in [6, 6.07) is 18.9. The number of benzene rings is 2. The second-order valence-corrected chi connectivity index (χ2v) is 6.33. The van der Waals surface area contributed by atoms with Crippen LogP contribution < -0.4 is 0 Å². The summed E-state index contributed by atoms with van der Waals surface area (Å²) in [5.74, 6) is 1.02. The van der Waals surface area contributed by atoms with Gasteiger partial charge in [0, 0.05) is 19.3 Å². The maximum absolute atomic E-state index is 4.90. The first-order valence-electron chi connectivity index (χ1n) is 9.06. The van der Waals surface area contributed by atoms with Gasteiger partial charge in [0.05, 0.1) is 16.7 Å². The maximum atomic E-state index is 4.90. The lowest BCUT2D eigenvalue weighted by atomic mass is 10.2. The van der Waals surface area contributed by atoms with E-state index in [1.165, 1.54) is 11.3 Å². The average Bonchev–Trinajstić information content (AvgIpc) is 3.20. The van der Waals surface area contributed by atoms with Crippen molar-refractivity contribution < 1.29 is 0 Å². The minimum absolute atomic E-state index is 0. The summed E-state index contributed by atoms with van der Waals surface area (Å²) in [5, 5.41) is 0. The fourth-order valence-electron chi connectivity index (χ4n) is 3.49. The SMILES string of the molecule is Br.Br.CCN(CC)CCn1c(-c2ccccc2)cn2c3ccccc3nc12. The van der Waals surface area contributed by atoms with E-state index in [2.05, 4.69) is 82.4 Å². The Morgan fingerprint density at radius 1 is 0.889 bits per heavy atom. The zero-order chi connectivity index (χ0) is 17.2. The number of halogens is 2. The first-order chi connectivity index (χ1) is 12.3. The highest BCUT2D eigenvalue weighted by Crippen LogP contribution is 2.26. The van der Waals surface area contributed by atoms with E-state index >= 15 is 0 Å². The summed E-state index contributed by atoms with van der Waals surface area (Å²) in [5.41, 5.74) is 4.67. The van der Waals surface area contributed by atoms with Crippen molar-refractivity contribution in [1.82, 2.24) is 18.9 Å². The molecular formula is C21H26Br2N4. The molecule has 0 amide bonds. The van der Waals surface area contributed by atoms with Crippen LogP contribution in [0.3, 0.4) is 0 Å². The molecule has 0 aliphatic heterocycles. The van der Waals surface area contributed by atoms with E-state index in [1.54, 1.807) is 0 Å². The lowest BCUT2D eigenvalue weighted by molar-refractivity contribution is 0.292. The van der Waals surface area contributed by atoms with Crippen LogP contribution in [0, 0.1) is 0 Å². The molecule has 0 atom stereocenters. The standard InChI is InChI=1S/C21H24N4.2BrH/c1-3-23(4-2)14-15-24-20(17-10-6-5-7-11-17)16-25-19-13-9-8-12-18(19)22-21(24)25;;/h5-13,16H,3-4,14-15H2,1-2H3;2*1H. The predicted molar refractivity (Wildman–Crippen MR) is 125 cm³/mol. The summed E-state index contributed by atoms with van der Waals surface area (Å²) in [6.45, 7) is 8.55. The molecule has 4 rings (SSSR count). The topological polar surface area (TPSA) is 25.5 Å². The number of para-hydroxylation sites is 2. The Labute approximate surface area is 181 Å². The lowest BCUT2D eigenvalue weighted by Crippen LogP contribution is -2.27. The van der Waals surface area contributed by atoms with E-state index in [0.29, 0.717) is 0 Å². The van der Waals surface area contributed by atoms with Crippen LogP contribution in [-0.4, -0.2) is 38.5 Å². The average molecular weight is 494 g/mol. The van der Waals surface area contributed by atoms with Gasteiger partial charge in [-0.25, -0.2) is 4.98 Å². The van der Waals surface area contributed by atoms with Crippen LogP contribution in [0.25, 0.3) is 28.1 Å². The Bertz CT molecular complexity index is 987. The normalized spacial score (nSPS) is 10.9. The zero-order valence-corrected chi connectivity index (χ0v) is 19.1. The van der Waals surface area contributed by atoms with Crippen LogP contribution in [0.2, 0.25) is 0 Å². The van der Waals surface area contributed by atoms with Crippen LogP contribution in [0.5, 0.6) is 0 Å². The Morgan fingerprint density at radius 2 is 1.56 bits per heavy atom. The van der Waals surface area contributed by atoms with Crippen molar-refractivity contribution in [1.29, 1.82) is 0 Å². The lowest BCUT2D eigenvalue weighted by Gasteiger charge is -2.19. The van der Waals surface area contributed by atoms with Crippen LogP contribution in [0.15, 0.2) is 60.8 Å². The van der Waals surface area contributed by atoms with Gasteiger partial charge in [0.25, 0.3) is 0 Å². The molecule has 2 heterocycles. The maximum Gasteiger partial charge on any atom is 0.215 e. The fraction of sp³-hybridized carbons (Fsp3) is 0.286. The van der Waals surface area contributed by atoms with Gasteiger partial charge in [0.1, 0.15) is 0 Å². The molecule has 0 spiro atoms. The van der Waals surface area contributed by atoms with Crippen LogP contribution in [0.4, 0.5) is 0 Å². The van der Waals surface area contributed by atoms with Gasteiger partial charge >= 0.3 is 0 Å². The second-order valence-electron chi connectivity index (χ2n) is 6.33. The molecule has 2 aromatic heterocycles. The summed E-state index contributed by atoms with van der Waals surface area (Å²) < 4.78 is 4.58. The Hall–Kier alpha value is -1.63. The van der Waals surface area contributed by atoms with Crippen LogP contribution >= 0.6 is 34.0 Å². The third-order valence-electron chi connectivity index (χ3n) is 4.96. The van der Waals surface area contributed by atoms with Crippen molar-refractivity contribution in [3.8, 4) is 11.3 Å². The molecule has 4 nitrogen and oxygen atoms in total. The van der Waals surface area contributed by atoms with E-state index in [-0.39, 0.29) is 34.0 Å². The Balaban J connectivity index is 0.00000131. The minimum Gasteiger partial charge on any atom is -0.308 e. The van der Waals surface area contributed by atoms with Gasteiger partial charge in [-0.05, 0) is 30.8 Å². The summed E-state index contributed by atoms with van der Waals surface area (Å²) in [6.07, 6.45) is 2.22. The number of rotatable bonds is 6. The van der Waals surface area contributed by atoms with Crippen molar-refractivity contribution in [3.05, 3.63) is 60.8 Å². The van der Waals surface area contributed by atoms with Crippen molar-refractivity contribution >= 4 is 50.8 Å². The number of aromatic nitrogens is 3. The molecule has 0 saturated heterocycles. The Kier molecular flexibility index (Phi) is 7.65. The van der Waals surface area contributed by atoms with Gasteiger partial charge in [0.2, 0.25) is 5.78 Å². The molecule has 0 radical (unpaired) electrons. The zero-order valence-electron chi connectivity index (χ0n) is 15.7. The molecule has 0 N–H and O–H groups in total. The number of fused-ring (bicyclic) bond motifs is 3. The monoisotopic (exact) mass is 492 g/mol. The van der Waals surface area contributed by atoms with Crippen molar-refractivity contribution in [3.63, 3.8) is 0 Å². The molecule has 0 fully saturated rings. The molecule has 0 bridgehead atoms. The third kappa shape index (κ3) is 4.13. The third-order valence-corrected chi connectivity index (χ3v) is 4.96. The van der Waals surface area contributed by atoms with E-state index in [4.69, 9.17) is 4.98 Å². The van der Waals surface area contributed by atoms with Gasteiger partial charge in [-0.1, -0.05) is 56.3 Å². The predicted octanol–water partition coefficient (Wildman–Crippen LogP) is 5.45. The molecular weight excluding hydrogens is 468 g/mol. The number of hydrogen-bond acceptors (Lipinski definition) is 2. The van der Waals surface area contributed by atoms with E-state index in [0.717, 1.165) is 43.0 Å². The second kappa shape index (κ2) is 9.53. The highest BCUT2D eigenvalue weighted by molar-refractivity contribution is 8.93. The molecule has 144 valence electrons. The molecule has 0 aliphatic carbocycles. The highest BCUT2D eigenvalue weighted by Gasteiger charge is 2.15. The largest absolute Gasteiger partial charge is 0.308 e. The van der Waals surface area contributed by atoms with Crippen molar-refractivity contribution in [2.75, 3.05) is 19.6 Å². The molecule has 6 heteroatoms. The molecule has 2 aromatic carbocycles. The first-order valence-corrected chi connectivity index (χ1v) is 9.06. The number of hydrogen-bond donors (Lipinski definition) is 0. The quantitative estimate of drug-likeness (QED) is 0.356.